The topological polar surface area (TPSA) is 95.6 Å². The molecule has 4 aromatic rings. The lowest BCUT2D eigenvalue weighted by atomic mass is 9.98. The van der Waals surface area contributed by atoms with Gasteiger partial charge >= 0.3 is 5.91 Å². The minimum Gasteiger partial charge on any atom is -0.497 e. The van der Waals surface area contributed by atoms with Crippen molar-refractivity contribution in [3.05, 3.63) is 76.8 Å². The Kier molecular flexibility index (Phi) is 6.62. The molecule has 1 atom stereocenters. The van der Waals surface area contributed by atoms with E-state index in [9.17, 15) is 4.79 Å². The first-order valence-electron chi connectivity index (χ1n) is 11.4. The molecular weight excluding hydrogens is 498 g/mol. The maximum absolute atomic E-state index is 13.4. The van der Waals surface area contributed by atoms with E-state index in [1.165, 1.54) is 11.3 Å². The first-order valence-corrected chi connectivity index (χ1v) is 11.7. The molecule has 0 saturated heterocycles. The summed E-state index contributed by atoms with van der Waals surface area (Å²) in [6, 6.07) is 13.7. The summed E-state index contributed by atoms with van der Waals surface area (Å²) in [4.78, 5) is 18.1. The third-order valence-corrected chi connectivity index (χ3v) is 6.52. The van der Waals surface area contributed by atoms with Gasteiger partial charge in [0, 0.05) is 29.0 Å². The Morgan fingerprint density at radius 1 is 0.973 bits per heavy atom. The van der Waals surface area contributed by atoms with E-state index in [1.54, 1.807) is 52.7 Å². The average Bonchev–Trinajstić information content (AvgIpc) is 3.62. The number of nitrogens with zero attached hydrogens (tertiary/aromatic N) is 3. The molecule has 190 valence electrons. The zero-order valence-electron chi connectivity index (χ0n) is 20.6. The lowest BCUT2D eigenvalue weighted by Crippen LogP contribution is -2.27. The number of methoxy groups -OCH3 is 4. The average molecular weight is 522 g/mol. The minimum absolute atomic E-state index is 0.163. The summed E-state index contributed by atoms with van der Waals surface area (Å²) >= 11 is 6.71. The number of hydrogen-bond donors (Lipinski definition) is 0. The van der Waals surface area contributed by atoms with E-state index in [0.29, 0.717) is 46.2 Å². The highest BCUT2D eigenvalue weighted by Gasteiger charge is 2.36. The number of carbonyl (C=O) groups excluding carboxylic acids is 1. The number of hydrazone groups is 1. The van der Waals surface area contributed by atoms with Crippen LogP contribution < -0.4 is 18.9 Å². The van der Waals surface area contributed by atoms with Crippen LogP contribution in [-0.4, -0.2) is 50.1 Å². The van der Waals surface area contributed by atoms with Gasteiger partial charge in [0.1, 0.15) is 22.2 Å². The van der Waals surface area contributed by atoms with Gasteiger partial charge in [0.2, 0.25) is 0 Å². The quantitative estimate of drug-likeness (QED) is 0.296. The van der Waals surface area contributed by atoms with Crippen LogP contribution in [0.1, 0.15) is 34.1 Å². The van der Waals surface area contributed by atoms with Gasteiger partial charge in [-0.2, -0.15) is 5.10 Å². The summed E-state index contributed by atoms with van der Waals surface area (Å²) in [5.41, 5.74) is 2.67. The maximum atomic E-state index is 13.4. The molecule has 0 spiro atoms. The number of fused-ring (bicyclic) bond motifs is 1. The number of benzene rings is 2. The second kappa shape index (κ2) is 10.0. The highest BCUT2D eigenvalue weighted by atomic mass is 35.5. The SMILES string of the molecule is COc1cc(OC)c2nc(Cl)c(C3CC(c4ccc(OC)c(OC)c4)=NN3C(=O)c3ccco3)cc2c1. The lowest BCUT2D eigenvalue weighted by Gasteiger charge is -2.22. The van der Waals surface area contributed by atoms with E-state index in [2.05, 4.69) is 4.98 Å². The van der Waals surface area contributed by atoms with Crippen molar-refractivity contribution in [3.8, 4) is 23.0 Å². The van der Waals surface area contributed by atoms with Gasteiger partial charge in [-0.25, -0.2) is 9.99 Å². The largest absolute Gasteiger partial charge is 0.497 e. The number of hydrogen-bond acceptors (Lipinski definition) is 8. The second-order valence-corrected chi connectivity index (χ2v) is 8.59. The van der Waals surface area contributed by atoms with Crippen LogP contribution in [0.2, 0.25) is 5.15 Å². The predicted molar refractivity (Wildman–Crippen MR) is 138 cm³/mol. The molecule has 37 heavy (non-hydrogen) atoms. The molecular formula is C27H24ClN3O6. The van der Waals surface area contributed by atoms with Gasteiger partial charge in [0.05, 0.1) is 46.5 Å². The predicted octanol–water partition coefficient (Wildman–Crippen LogP) is 5.51. The molecule has 0 N–H and O–H groups in total. The number of rotatable bonds is 7. The summed E-state index contributed by atoms with van der Waals surface area (Å²) < 4.78 is 27.1. The number of pyridine rings is 1. The molecule has 5 rings (SSSR count). The first-order chi connectivity index (χ1) is 18.0. The molecule has 0 aliphatic carbocycles. The Balaban J connectivity index is 1.62. The summed E-state index contributed by atoms with van der Waals surface area (Å²) in [5, 5.41) is 7.07. The summed E-state index contributed by atoms with van der Waals surface area (Å²) in [7, 11) is 6.27. The zero-order valence-corrected chi connectivity index (χ0v) is 21.4. The highest BCUT2D eigenvalue weighted by Crippen LogP contribution is 2.41. The number of amides is 1. The zero-order chi connectivity index (χ0) is 26.1. The van der Waals surface area contributed by atoms with Crippen LogP contribution in [0.3, 0.4) is 0 Å². The van der Waals surface area contributed by atoms with Gasteiger partial charge in [-0.1, -0.05) is 11.6 Å². The van der Waals surface area contributed by atoms with Crippen LogP contribution in [-0.2, 0) is 0 Å². The third-order valence-electron chi connectivity index (χ3n) is 6.22. The highest BCUT2D eigenvalue weighted by molar-refractivity contribution is 6.30. The molecule has 0 bridgehead atoms. The molecule has 1 aliphatic heterocycles. The normalized spacial score (nSPS) is 15.0. The van der Waals surface area contributed by atoms with E-state index >= 15 is 0 Å². The van der Waals surface area contributed by atoms with Crippen molar-refractivity contribution < 1.29 is 28.2 Å². The Bertz CT molecular complexity index is 1500. The standard InChI is InChI=1S/C27H24ClN3O6/c1-33-17-10-16-11-18(26(28)29-25(16)24(13-17)36-4)20-14-19(15-7-8-21(34-2)23(12-15)35-3)30-31(20)27(32)22-6-5-9-37-22/h5-13,20H,14H2,1-4H3. The van der Waals surface area contributed by atoms with Crippen LogP contribution in [0.4, 0.5) is 0 Å². The minimum atomic E-state index is -0.540. The summed E-state index contributed by atoms with van der Waals surface area (Å²) in [5.74, 6) is 2.05. The summed E-state index contributed by atoms with van der Waals surface area (Å²) in [6.07, 6.45) is 1.83. The van der Waals surface area contributed by atoms with Crippen molar-refractivity contribution in [1.82, 2.24) is 9.99 Å². The molecule has 1 amide bonds. The van der Waals surface area contributed by atoms with E-state index in [1.807, 2.05) is 24.3 Å². The van der Waals surface area contributed by atoms with Crippen LogP contribution in [0.15, 0.2) is 64.3 Å². The van der Waals surface area contributed by atoms with E-state index in [0.717, 1.165) is 10.9 Å². The van der Waals surface area contributed by atoms with Crippen LogP contribution in [0, 0.1) is 0 Å². The maximum Gasteiger partial charge on any atom is 0.310 e. The van der Waals surface area contributed by atoms with Crippen molar-refractivity contribution in [2.24, 2.45) is 5.10 Å². The van der Waals surface area contributed by atoms with Gasteiger partial charge in [-0.15, -0.1) is 0 Å². The first kappa shape index (κ1) is 24.5. The smallest absolute Gasteiger partial charge is 0.310 e. The number of aromatic nitrogens is 1. The molecule has 0 radical (unpaired) electrons. The van der Waals surface area contributed by atoms with E-state index < -0.39 is 11.9 Å². The number of ether oxygens (including phenoxy) is 4. The van der Waals surface area contributed by atoms with Gasteiger partial charge in [-0.3, -0.25) is 4.79 Å². The van der Waals surface area contributed by atoms with Crippen molar-refractivity contribution in [3.63, 3.8) is 0 Å². The molecule has 10 heteroatoms. The van der Waals surface area contributed by atoms with Crippen LogP contribution >= 0.6 is 11.6 Å². The summed E-state index contributed by atoms with van der Waals surface area (Å²) in [6.45, 7) is 0. The number of carbonyl (C=O) groups is 1. The Labute approximate surface area is 218 Å². The van der Waals surface area contributed by atoms with Gasteiger partial charge in [0.25, 0.3) is 0 Å². The van der Waals surface area contributed by atoms with Gasteiger partial charge in [-0.05, 0) is 42.5 Å². The fourth-order valence-electron chi connectivity index (χ4n) is 4.37. The molecule has 1 aliphatic rings. The molecule has 1 unspecified atom stereocenters. The Morgan fingerprint density at radius 3 is 2.43 bits per heavy atom. The molecule has 2 aromatic heterocycles. The van der Waals surface area contributed by atoms with Crippen molar-refractivity contribution >= 4 is 34.1 Å². The lowest BCUT2D eigenvalue weighted by molar-refractivity contribution is 0.0678. The fraction of sp³-hybridized carbons (Fsp3) is 0.222. The van der Waals surface area contributed by atoms with Crippen molar-refractivity contribution in [2.75, 3.05) is 28.4 Å². The Morgan fingerprint density at radius 2 is 1.76 bits per heavy atom. The van der Waals surface area contributed by atoms with Gasteiger partial charge in [0.15, 0.2) is 17.3 Å². The molecule has 9 nitrogen and oxygen atoms in total. The molecule has 3 heterocycles. The molecule has 0 saturated carbocycles. The van der Waals surface area contributed by atoms with Crippen LogP contribution in [0.25, 0.3) is 10.9 Å². The van der Waals surface area contributed by atoms with E-state index in [4.69, 9.17) is 40.1 Å². The van der Waals surface area contributed by atoms with Gasteiger partial charge < -0.3 is 23.4 Å². The number of halogens is 1. The van der Waals surface area contributed by atoms with Crippen molar-refractivity contribution in [2.45, 2.75) is 12.5 Å². The van der Waals surface area contributed by atoms with Crippen molar-refractivity contribution in [1.29, 1.82) is 0 Å². The third kappa shape index (κ3) is 4.42. The van der Waals surface area contributed by atoms with Crippen LogP contribution in [0.5, 0.6) is 23.0 Å². The fourth-order valence-corrected chi connectivity index (χ4v) is 4.64. The monoisotopic (exact) mass is 521 g/mol. The second-order valence-electron chi connectivity index (χ2n) is 8.23. The van der Waals surface area contributed by atoms with E-state index in [-0.39, 0.29) is 10.9 Å². The molecule has 2 aromatic carbocycles. The number of furan rings is 1. The Hall–Kier alpha value is -4.24. The molecule has 0 fully saturated rings.